The molecule has 0 spiro atoms. The number of ether oxygens (including phenoxy) is 1. The molecule has 1 N–H and O–H groups in total. The van der Waals surface area contributed by atoms with E-state index in [2.05, 4.69) is 5.32 Å². The quantitative estimate of drug-likeness (QED) is 0.760. The number of carbonyl (C=O) groups is 3. The lowest BCUT2D eigenvalue weighted by molar-refractivity contribution is -0.120. The number of carbonyl (C=O) groups excluding carboxylic acids is 3. The summed E-state index contributed by atoms with van der Waals surface area (Å²) in [4.78, 5) is 38.2. The van der Waals surface area contributed by atoms with Crippen LogP contribution >= 0.6 is 0 Å². The van der Waals surface area contributed by atoms with E-state index in [1.807, 2.05) is 31.2 Å². The lowest BCUT2D eigenvalue weighted by atomic mass is 10.1. The van der Waals surface area contributed by atoms with Gasteiger partial charge in [0.05, 0.1) is 17.9 Å². The van der Waals surface area contributed by atoms with E-state index < -0.39 is 5.97 Å². The van der Waals surface area contributed by atoms with Gasteiger partial charge in [0.25, 0.3) is 0 Å². The molecule has 0 aliphatic rings. The van der Waals surface area contributed by atoms with Gasteiger partial charge in [-0.25, -0.2) is 4.79 Å². The van der Waals surface area contributed by atoms with Crippen molar-refractivity contribution < 1.29 is 19.1 Å². The number of rotatable bonds is 7. The Hall–Kier alpha value is -3.15. The van der Waals surface area contributed by atoms with E-state index in [4.69, 9.17) is 4.74 Å². The molecule has 0 radical (unpaired) electrons. The fraction of sp³-hybridized carbons (Fsp3) is 0.286. The minimum absolute atomic E-state index is 0.205. The van der Waals surface area contributed by atoms with Crippen molar-refractivity contribution in [1.29, 1.82) is 0 Å². The fourth-order valence-corrected chi connectivity index (χ4v) is 2.74. The Morgan fingerprint density at radius 1 is 1.00 bits per heavy atom. The molecule has 0 heterocycles. The molecule has 6 heteroatoms. The SMILES string of the molecule is CCOC(=O)c1ccccc1N(CC(=O)Nc1ccccc1CC)C(C)=O. The van der Waals surface area contributed by atoms with Crippen molar-refractivity contribution >= 4 is 29.2 Å². The van der Waals surface area contributed by atoms with Crippen LogP contribution in [0.1, 0.15) is 36.7 Å². The van der Waals surface area contributed by atoms with Crippen LogP contribution in [-0.2, 0) is 20.7 Å². The number of amides is 2. The smallest absolute Gasteiger partial charge is 0.340 e. The summed E-state index contributed by atoms with van der Waals surface area (Å²) in [6.45, 7) is 5.09. The van der Waals surface area contributed by atoms with Crippen molar-refractivity contribution in [2.24, 2.45) is 0 Å². The molecule has 2 amide bonds. The maximum atomic E-state index is 12.6. The summed E-state index contributed by atoms with van der Waals surface area (Å²) in [6.07, 6.45) is 0.776. The van der Waals surface area contributed by atoms with Crippen molar-refractivity contribution in [2.45, 2.75) is 27.2 Å². The molecule has 0 aromatic heterocycles. The number of para-hydroxylation sites is 2. The number of hydrogen-bond acceptors (Lipinski definition) is 4. The predicted molar refractivity (Wildman–Crippen MR) is 105 cm³/mol. The van der Waals surface area contributed by atoms with Gasteiger partial charge in [-0.1, -0.05) is 37.3 Å². The second-order valence-electron chi connectivity index (χ2n) is 5.90. The van der Waals surface area contributed by atoms with Crippen molar-refractivity contribution in [2.75, 3.05) is 23.4 Å². The maximum absolute atomic E-state index is 12.6. The number of nitrogens with zero attached hydrogens (tertiary/aromatic N) is 1. The normalized spacial score (nSPS) is 10.2. The molecule has 6 nitrogen and oxygen atoms in total. The van der Waals surface area contributed by atoms with Gasteiger partial charge in [-0.05, 0) is 37.1 Å². The number of nitrogens with one attached hydrogen (secondary N) is 1. The van der Waals surface area contributed by atoms with Gasteiger partial charge in [-0.2, -0.15) is 0 Å². The summed E-state index contributed by atoms with van der Waals surface area (Å²) < 4.78 is 5.05. The average Bonchev–Trinajstić information content (AvgIpc) is 2.66. The monoisotopic (exact) mass is 368 g/mol. The van der Waals surface area contributed by atoms with Crippen LogP contribution in [0.5, 0.6) is 0 Å². The van der Waals surface area contributed by atoms with Gasteiger partial charge in [-0.3, -0.25) is 9.59 Å². The number of benzene rings is 2. The van der Waals surface area contributed by atoms with Crippen molar-refractivity contribution in [3.63, 3.8) is 0 Å². The largest absolute Gasteiger partial charge is 0.462 e. The Kier molecular flexibility index (Phi) is 7.11. The number of esters is 1. The lowest BCUT2D eigenvalue weighted by Gasteiger charge is -2.23. The topological polar surface area (TPSA) is 75.7 Å². The minimum atomic E-state index is -0.531. The molecule has 0 aliphatic heterocycles. The van der Waals surface area contributed by atoms with E-state index >= 15 is 0 Å². The standard InChI is InChI=1S/C21H24N2O4/c1-4-16-10-6-8-12-18(16)22-20(25)14-23(15(3)24)19-13-9-7-11-17(19)21(26)27-5-2/h6-13H,4-5,14H2,1-3H3,(H,22,25). The van der Waals surface area contributed by atoms with E-state index in [1.165, 1.54) is 11.8 Å². The third-order valence-corrected chi connectivity index (χ3v) is 4.04. The highest BCUT2D eigenvalue weighted by Crippen LogP contribution is 2.22. The van der Waals surface area contributed by atoms with E-state index in [0.717, 1.165) is 12.0 Å². The van der Waals surface area contributed by atoms with E-state index in [9.17, 15) is 14.4 Å². The molecule has 2 rings (SSSR count). The van der Waals surface area contributed by atoms with Crippen LogP contribution in [0.25, 0.3) is 0 Å². The summed E-state index contributed by atoms with van der Waals surface area (Å²) in [7, 11) is 0. The molecule has 0 bridgehead atoms. The van der Waals surface area contributed by atoms with Crippen molar-refractivity contribution in [3.8, 4) is 0 Å². The molecule has 0 saturated carbocycles. The first-order valence-electron chi connectivity index (χ1n) is 8.89. The molecule has 0 aliphatic carbocycles. The van der Waals surface area contributed by atoms with Crippen molar-refractivity contribution in [3.05, 3.63) is 59.7 Å². The molecule has 0 unspecified atom stereocenters. The Balaban J connectivity index is 2.25. The molecule has 2 aromatic carbocycles. The summed E-state index contributed by atoms with van der Waals surface area (Å²) in [5.41, 5.74) is 2.32. The Labute approximate surface area is 159 Å². The summed E-state index contributed by atoms with van der Waals surface area (Å²) in [5, 5.41) is 2.84. The first-order valence-corrected chi connectivity index (χ1v) is 8.89. The third-order valence-electron chi connectivity index (χ3n) is 4.04. The number of hydrogen-bond donors (Lipinski definition) is 1. The highest BCUT2D eigenvalue weighted by Gasteiger charge is 2.22. The second-order valence-corrected chi connectivity index (χ2v) is 5.90. The van der Waals surface area contributed by atoms with Crippen LogP contribution < -0.4 is 10.2 Å². The Morgan fingerprint density at radius 3 is 2.33 bits per heavy atom. The molecule has 0 saturated heterocycles. The first kappa shape index (κ1) is 20.2. The number of anilines is 2. The van der Waals surface area contributed by atoms with Crippen LogP contribution in [0.2, 0.25) is 0 Å². The van der Waals surface area contributed by atoms with Gasteiger partial charge in [0.2, 0.25) is 11.8 Å². The maximum Gasteiger partial charge on any atom is 0.340 e. The van der Waals surface area contributed by atoms with E-state index in [0.29, 0.717) is 11.4 Å². The predicted octanol–water partition coefficient (Wildman–Crippen LogP) is 3.42. The molecule has 0 atom stereocenters. The highest BCUT2D eigenvalue weighted by molar-refractivity contribution is 6.06. The second kappa shape index (κ2) is 9.52. The summed E-state index contributed by atoms with van der Waals surface area (Å²) in [6, 6.07) is 14.1. The molecular weight excluding hydrogens is 344 g/mol. The Morgan fingerprint density at radius 2 is 1.67 bits per heavy atom. The zero-order valence-electron chi connectivity index (χ0n) is 15.8. The molecule has 142 valence electrons. The van der Waals surface area contributed by atoms with Gasteiger partial charge < -0.3 is 15.0 Å². The van der Waals surface area contributed by atoms with Gasteiger partial charge in [0.1, 0.15) is 6.54 Å². The van der Waals surface area contributed by atoms with Gasteiger partial charge >= 0.3 is 5.97 Å². The van der Waals surface area contributed by atoms with Gasteiger partial charge in [-0.15, -0.1) is 0 Å². The molecule has 27 heavy (non-hydrogen) atoms. The van der Waals surface area contributed by atoms with Crippen LogP contribution in [0.4, 0.5) is 11.4 Å². The molecule has 0 fully saturated rings. The van der Waals surface area contributed by atoms with Crippen LogP contribution in [0.15, 0.2) is 48.5 Å². The van der Waals surface area contributed by atoms with E-state index in [1.54, 1.807) is 31.2 Å². The van der Waals surface area contributed by atoms with E-state index in [-0.39, 0.29) is 30.5 Å². The number of aryl methyl sites for hydroxylation is 1. The summed E-state index contributed by atoms with van der Waals surface area (Å²) in [5.74, 6) is -1.22. The first-order chi connectivity index (χ1) is 13.0. The van der Waals surface area contributed by atoms with Gasteiger partial charge in [0.15, 0.2) is 0 Å². The van der Waals surface area contributed by atoms with Crippen LogP contribution in [0.3, 0.4) is 0 Å². The zero-order chi connectivity index (χ0) is 19.8. The lowest BCUT2D eigenvalue weighted by Crippen LogP contribution is -2.37. The molecule has 2 aromatic rings. The zero-order valence-corrected chi connectivity index (χ0v) is 15.8. The van der Waals surface area contributed by atoms with Crippen LogP contribution in [0, 0.1) is 0 Å². The van der Waals surface area contributed by atoms with Crippen molar-refractivity contribution in [1.82, 2.24) is 0 Å². The Bertz CT molecular complexity index is 832. The third kappa shape index (κ3) is 5.17. The summed E-state index contributed by atoms with van der Waals surface area (Å²) >= 11 is 0. The van der Waals surface area contributed by atoms with Crippen LogP contribution in [-0.4, -0.2) is 30.9 Å². The van der Waals surface area contributed by atoms with Gasteiger partial charge in [0, 0.05) is 12.6 Å². The minimum Gasteiger partial charge on any atom is -0.462 e. The average molecular weight is 368 g/mol. The highest BCUT2D eigenvalue weighted by atomic mass is 16.5. The fourth-order valence-electron chi connectivity index (χ4n) is 2.74. The molecular formula is C21H24N2O4.